The van der Waals surface area contributed by atoms with E-state index in [4.69, 9.17) is 9.84 Å². The lowest BCUT2D eigenvalue weighted by Gasteiger charge is -2.11. The van der Waals surface area contributed by atoms with Crippen LogP contribution in [0.1, 0.15) is 23.0 Å². The second-order valence-corrected chi connectivity index (χ2v) is 5.11. The lowest BCUT2D eigenvalue weighted by atomic mass is 10.2. The third kappa shape index (κ3) is 2.97. The van der Waals surface area contributed by atoms with E-state index in [1.807, 2.05) is 0 Å². The minimum atomic E-state index is -1.34. The topological polar surface area (TPSA) is 81.4 Å². The number of methoxy groups -OCH3 is 1. The maximum atomic E-state index is 11.9. The maximum absolute atomic E-state index is 11.9. The number of carboxylic acids is 1. The van der Waals surface area contributed by atoms with Crippen LogP contribution in [0.4, 0.5) is 0 Å². The summed E-state index contributed by atoms with van der Waals surface area (Å²) in [5.41, 5.74) is -0.0759. The van der Waals surface area contributed by atoms with Crippen molar-refractivity contribution in [3.8, 4) is 11.4 Å². The zero-order valence-corrected chi connectivity index (χ0v) is 13.0. The summed E-state index contributed by atoms with van der Waals surface area (Å²) < 4.78 is 7.23. The van der Waals surface area contributed by atoms with Gasteiger partial charge in [-0.15, -0.1) is 0 Å². The van der Waals surface area contributed by atoms with Gasteiger partial charge in [-0.2, -0.15) is 5.10 Å². The highest BCUT2D eigenvalue weighted by Crippen LogP contribution is 2.25. The molecule has 0 aliphatic heterocycles. The van der Waals surface area contributed by atoms with Crippen molar-refractivity contribution in [2.75, 3.05) is 7.11 Å². The molecule has 0 amide bonds. The molecule has 0 fully saturated rings. The van der Waals surface area contributed by atoms with E-state index in [1.165, 1.54) is 18.0 Å². The molecule has 0 aliphatic carbocycles. The first kappa shape index (κ1) is 15.2. The van der Waals surface area contributed by atoms with E-state index in [0.717, 1.165) is 0 Å². The van der Waals surface area contributed by atoms with Crippen LogP contribution < -0.4 is 10.2 Å². The summed E-state index contributed by atoms with van der Waals surface area (Å²) in [7, 11) is 1.53. The molecule has 1 N–H and O–H groups in total. The molecule has 1 aromatic heterocycles. The number of carboxylic acid groups (broad SMARTS) is 1. The third-order valence-electron chi connectivity index (χ3n) is 2.98. The summed E-state index contributed by atoms with van der Waals surface area (Å²) in [6.45, 7) is 1.79. The van der Waals surface area contributed by atoms with Crippen molar-refractivity contribution < 1.29 is 14.6 Å². The van der Waals surface area contributed by atoms with Gasteiger partial charge in [-0.1, -0.05) is 6.92 Å². The Balaban J connectivity index is 2.72. The molecule has 110 valence electrons. The van der Waals surface area contributed by atoms with E-state index in [0.29, 0.717) is 27.9 Å². The van der Waals surface area contributed by atoms with Gasteiger partial charge in [0, 0.05) is 22.3 Å². The second-order valence-electron chi connectivity index (χ2n) is 4.25. The molecule has 6 nitrogen and oxygen atoms in total. The zero-order chi connectivity index (χ0) is 15.6. The molecule has 21 heavy (non-hydrogen) atoms. The first-order valence-electron chi connectivity index (χ1n) is 6.18. The Morgan fingerprint density at radius 3 is 2.76 bits per heavy atom. The Hall–Kier alpha value is -2.15. The number of aromatic carboxylic acids is 1. The molecule has 7 heteroatoms. The van der Waals surface area contributed by atoms with Gasteiger partial charge >= 0.3 is 5.97 Å². The zero-order valence-electron chi connectivity index (χ0n) is 11.5. The lowest BCUT2D eigenvalue weighted by Crippen LogP contribution is -2.24. The van der Waals surface area contributed by atoms with Crippen molar-refractivity contribution in [3.05, 3.63) is 50.3 Å². The normalized spacial score (nSPS) is 10.4. The van der Waals surface area contributed by atoms with Crippen molar-refractivity contribution >= 4 is 21.9 Å². The number of aromatic nitrogens is 2. The molecule has 1 heterocycles. The van der Waals surface area contributed by atoms with Gasteiger partial charge in [-0.25, -0.2) is 9.48 Å². The van der Waals surface area contributed by atoms with Gasteiger partial charge in [0.05, 0.1) is 12.8 Å². The van der Waals surface area contributed by atoms with E-state index in [-0.39, 0.29) is 0 Å². The summed E-state index contributed by atoms with van der Waals surface area (Å²) >= 11 is 3.38. The monoisotopic (exact) mass is 352 g/mol. The predicted octanol–water partition coefficient (Wildman–Crippen LogP) is 2.26. The second kappa shape index (κ2) is 6.09. The number of aryl methyl sites for hydroxylation is 1. The molecule has 0 saturated heterocycles. The Kier molecular flexibility index (Phi) is 4.42. The van der Waals surface area contributed by atoms with Gasteiger partial charge in [0.2, 0.25) is 11.1 Å². The van der Waals surface area contributed by atoms with E-state index in [1.54, 1.807) is 25.1 Å². The minimum absolute atomic E-state index is 0.386. The molecule has 0 bridgehead atoms. The maximum Gasteiger partial charge on any atom is 0.360 e. The fraction of sp³-hybridized carbons (Fsp3) is 0.214. The Labute approximate surface area is 129 Å². The first-order chi connectivity index (χ1) is 9.97. The number of hydrogen-bond acceptors (Lipinski definition) is 4. The highest BCUT2D eigenvalue weighted by Gasteiger charge is 2.16. The smallest absolute Gasteiger partial charge is 0.360 e. The van der Waals surface area contributed by atoms with Crippen molar-refractivity contribution in [2.24, 2.45) is 0 Å². The number of carbonyl (C=O) groups is 1. The number of benzene rings is 1. The molecule has 0 atom stereocenters. The van der Waals surface area contributed by atoms with Crippen LogP contribution in [-0.2, 0) is 6.42 Å². The van der Waals surface area contributed by atoms with Crippen molar-refractivity contribution in [2.45, 2.75) is 13.3 Å². The van der Waals surface area contributed by atoms with Crippen LogP contribution in [0.15, 0.2) is 33.7 Å². The Morgan fingerprint density at radius 1 is 1.48 bits per heavy atom. The predicted molar refractivity (Wildman–Crippen MR) is 80.4 cm³/mol. The fourth-order valence-electron chi connectivity index (χ4n) is 1.85. The van der Waals surface area contributed by atoms with E-state index in [2.05, 4.69) is 21.0 Å². The van der Waals surface area contributed by atoms with Gasteiger partial charge in [-0.05, 0) is 34.5 Å². The average molecular weight is 353 g/mol. The van der Waals surface area contributed by atoms with E-state index >= 15 is 0 Å². The van der Waals surface area contributed by atoms with Crippen LogP contribution in [0.3, 0.4) is 0 Å². The van der Waals surface area contributed by atoms with Crippen LogP contribution >= 0.6 is 15.9 Å². The quantitative estimate of drug-likeness (QED) is 0.912. The molecular formula is C14H13BrN2O4. The van der Waals surface area contributed by atoms with E-state index < -0.39 is 17.1 Å². The van der Waals surface area contributed by atoms with Gasteiger partial charge in [0.15, 0.2) is 0 Å². The molecule has 2 rings (SSSR count). The largest absolute Gasteiger partial charge is 0.497 e. The number of halogens is 1. The lowest BCUT2D eigenvalue weighted by molar-refractivity contribution is 0.0686. The van der Waals surface area contributed by atoms with Crippen LogP contribution in [0.5, 0.6) is 5.75 Å². The number of nitrogens with zero attached hydrogens (tertiary/aromatic N) is 2. The Morgan fingerprint density at radius 2 is 2.19 bits per heavy atom. The highest BCUT2D eigenvalue weighted by atomic mass is 79.9. The fourth-order valence-corrected chi connectivity index (χ4v) is 2.28. The van der Waals surface area contributed by atoms with Crippen LogP contribution in [0.2, 0.25) is 0 Å². The van der Waals surface area contributed by atoms with Crippen LogP contribution in [-0.4, -0.2) is 28.0 Å². The molecule has 0 unspecified atom stereocenters. The number of hydrogen-bond donors (Lipinski definition) is 1. The Bertz CT molecular complexity index is 755. The molecule has 0 spiro atoms. The molecule has 0 saturated carbocycles. The number of ether oxygens (including phenoxy) is 1. The summed E-state index contributed by atoms with van der Waals surface area (Å²) in [6, 6.07) is 5.22. The van der Waals surface area contributed by atoms with Gasteiger partial charge < -0.3 is 9.84 Å². The van der Waals surface area contributed by atoms with Crippen LogP contribution in [0, 0.1) is 0 Å². The van der Waals surface area contributed by atoms with E-state index in [9.17, 15) is 9.59 Å². The minimum Gasteiger partial charge on any atom is -0.497 e. The standard InChI is InChI=1S/C14H13BrN2O4/c1-3-8-7-17(16-12(13(8)18)14(19)20)11-6-9(21-2)4-5-10(11)15/h4-7H,3H2,1-2H3,(H,19,20). The molecular weight excluding hydrogens is 340 g/mol. The van der Waals surface area contributed by atoms with Crippen molar-refractivity contribution in [1.82, 2.24) is 9.78 Å². The molecule has 0 radical (unpaired) electrons. The van der Waals surface area contributed by atoms with Gasteiger partial charge in [0.1, 0.15) is 5.75 Å². The van der Waals surface area contributed by atoms with Crippen molar-refractivity contribution in [1.29, 1.82) is 0 Å². The third-order valence-corrected chi connectivity index (χ3v) is 3.65. The van der Waals surface area contributed by atoms with Crippen molar-refractivity contribution in [3.63, 3.8) is 0 Å². The summed E-state index contributed by atoms with van der Waals surface area (Å²) in [5, 5.41) is 13.0. The highest BCUT2D eigenvalue weighted by molar-refractivity contribution is 9.10. The molecule has 2 aromatic rings. The first-order valence-corrected chi connectivity index (χ1v) is 6.97. The summed E-state index contributed by atoms with van der Waals surface area (Å²) in [5.74, 6) is -0.744. The molecule has 0 aliphatic rings. The SMILES string of the molecule is CCc1cn(-c2cc(OC)ccc2Br)nc(C(=O)O)c1=O. The van der Waals surface area contributed by atoms with Gasteiger partial charge in [-0.3, -0.25) is 4.79 Å². The molecule has 1 aromatic carbocycles. The van der Waals surface area contributed by atoms with Gasteiger partial charge in [0.25, 0.3) is 0 Å². The number of rotatable bonds is 4. The summed E-state index contributed by atoms with van der Waals surface area (Å²) in [6.07, 6.45) is 1.96. The average Bonchev–Trinajstić information content (AvgIpc) is 2.48. The summed E-state index contributed by atoms with van der Waals surface area (Å²) in [4.78, 5) is 23.1. The van der Waals surface area contributed by atoms with Crippen LogP contribution in [0.25, 0.3) is 5.69 Å².